The molecule has 4 aliphatic rings. The monoisotopic (exact) mass is 820 g/mol. The third-order valence-corrected chi connectivity index (χ3v) is 17.4. The van der Waals surface area contributed by atoms with Gasteiger partial charge in [0.05, 0.1) is 5.69 Å². The van der Waals surface area contributed by atoms with Gasteiger partial charge in [-0.2, -0.15) is 0 Å². The highest BCUT2D eigenvalue weighted by Gasteiger charge is 2.47. The molecule has 0 saturated heterocycles. The summed E-state index contributed by atoms with van der Waals surface area (Å²) in [5, 5.41) is 4.18. The number of hydrogen-bond donors (Lipinski definition) is 0. The van der Waals surface area contributed by atoms with Gasteiger partial charge in [-0.1, -0.05) is 115 Å². The Balaban J connectivity index is 1.31. The van der Waals surface area contributed by atoms with E-state index in [0.717, 1.165) is 0 Å². The van der Waals surface area contributed by atoms with E-state index < -0.39 is 0 Å². The third kappa shape index (κ3) is 5.45. The first-order valence-corrected chi connectivity index (χ1v) is 24.0. The smallest absolute Gasteiger partial charge is 0.343 e. The zero-order valence-corrected chi connectivity index (χ0v) is 40.5. The highest BCUT2D eigenvalue weighted by molar-refractivity contribution is 7.32. The molecule has 0 atom stereocenters. The van der Waals surface area contributed by atoms with Crippen LogP contribution >= 0.6 is 11.3 Å². The summed E-state index contributed by atoms with van der Waals surface area (Å²) in [4.78, 5) is 2.74. The predicted octanol–water partition coefficient (Wildman–Crippen LogP) is 15.0. The lowest BCUT2D eigenvalue weighted by atomic mass is 9.48. The average Bonchev–Trinajstić information content (AvgIpc) is 3.71. The van der Waals surface area contributed by atoms with Crippen LogP contribution in [0.4, 0.5) is 17.1 Å². The number of aryl methyl sites for hydroxylation is 1. The number of nitrogens with zero attached hydrogens (tertiary/aromatic N) is 2. The van der Waals surface area contributed by atoms with Crippen LogP contribution in [0, 0.1) is 6.92 Å². The second-order valence-electron chi connectivity index (χ2n) is 24.5. The van der Waals surface area contributed by atoms with Gasteiger partial charge in [0.1, 0.15) is 0 Å². The number of anilines is 3. The second kappa shape index (κ2) is 12.0. The zero-order valence-electron chi connectivity index (χ0n) is 39.6. The maximum absolute atomic E-state index is 2.79. The van der Waals surface area contributed by atoms with Crippen LogP contribution in [0.15, 0.2) is 72.8 Å². The summed E-state index contributed by atoms with van der Waals surface area (Å²) in [7, 11) is 0. The van der Waals surface area contributed by atoms with Crippen LogP contribution in [0.1, 0.15) is 162 Å². The molecule has 0 saturated carbocycles. The molecular formula is C57H65BN2S. The lowest BCUT2D eigenvalue weighted by Crippen LogP contribution is -2.55. The summed E-state index contributed by atoms with van der Waals surface area (Å²) in [6.07, 6.45) is 4.83. The lowest BCUT2D eigenvalue weighted by molar-refractivity contribution is 0.332. The predicted molar refractivity (Wildman–Crippen MR) is 268 cm³/mol. The summed E-state index contributed by atoms with van der Waals surface area (Å²) in [6, 6.07) is 30.4. The van der Waals surface area contributed by atoms with Gasteiger partial charge < -0.3 is 9.38 Å². The maximum atomic E-state index is 2.79. The van der Waals surface area contributed by atoms with Gasteiger partial charge in [0.2, 0.25) is 0 Å². The van der Waals surface area contributed by atoms with Gasteiger partial charge in [-0.25, -0.2) is 0 Å². The molecule has 0 unspecified atom stereocenters. The van der Waals surface area contributed by atoms with E-state index in [0.29, 0.717) is 0 Å². The van der Waals surface area contributed by atoms with Crippen molar-refractivity contribution < 1.29 is 0 Å². The van der Waals surface area contributed by atoms with Gasteiger partial charge in [0.25, 0.3) is 0 Å². The molecule has 0 radical (unpaired) electrons. The van der Waals surface area contributed by atoms with E-state index in [9.17, 15) is 0 Å². The fourth-order valence-corrected chi connectivity index (χ4v) is 13.4. The molecule has 4 heteroatoms. The van der Waals surface area contributed by atoms with Gasteiger partial charge in [-0.3, -0.25) is 0 Å². The van der Waals surface area contributed by atoms with Crippen molar-refractivity contribution in [2.75, 3.05) is 4.90 Å². The third-order valence-electron chi connectivity index (χ3n) is 16.2. The van der Waals surface area contributed by atoms with Crippen molar-refractivity contribution in [3.05, 3.63) is 112 Å². The molecule has 61 heavy (non-hydrogen) atoms. The standard InChI is InChI=1S/C57H65BN2S/c1-32-24-37-39-28-34(53(5,6)7)27-38-36-26-33(52(2,3)4)16-19-45(36)60(49(38)39)58-48(37)46(25-32)59(35-17-18-41-42(29-35)55(10,11)21-20-54(41,8)9)50-40-30-43-44(31-47(40)61-51(50)58)57(14,15)23-22-56(43,12)13/h16-19,24-31H,20-23H2,1-15H3. The second-order valence-corrected chi connectivity index (χ2v) is 25.6. The van der Waals surface area contributed by atoms with Crippen molar-refractivity contribution in [1.82, 2.24) is 4.48 Å². The van der Waals surface area contributed by atoms with Crippen molar-refractivity contribution in [1.29, 1.82) is 0 Å². The fraction of sp³-hybridized carbons (Fsp3) is 0.439. The van der Waals surface area contributed by atoms with Gasteiger partial charge in [-0.05, 0) is 170 Å². The van der Waals surface area contributed by atoms with Gasteiger partial charge >= 0.3 is 6.85 Å². The summed E-state index contributed by atoms with van der Waals surface area (Å²) >= 11 is 2.07. The lowest BCUT2D eigenvalue weighted by Gasteiger charge is -2.44. The van der Waals surface area contributed by atoms with E-state index in [-0.39, 0.29) is 39.3 Å². The van der Waals surface area contributed by atoms with Crippen LogP contribution in [0.2, 0.25) is 0 Å². The van der Waals surface area contributed by atoms with Crippen LogP contribution < -0.4 is 15.1 Å². The Labute approximate surface area is 369 Å². The topological polar surface area (TPSA) is 8.17 Å². The van der Waals surface area contributed by atoms with Crippen molar-refractivity contribution in [3.8, 4) is 11.1 Å². The van der Waals surface area contributed by atoms with E-state index in [2.05, 4.69) is 197 Å². The van der Waals surface area contributed by atoms with Gasteiger partial charge in [0.15, 0.2) is 0 Å². The molecule has 0 fully saturated rings. The van der Waals surface area contributed by atoms with E-state index in [1.807, 2.05) is 0 Å². The first-order chi connectivity index (χ1) is 28.4. The number of benzene rings is 5. The van der Waals surface area contributed by atoms with E-state index in [1.54, 1.807) is 5.56 Å². The van der Waals surface area contributed by atoms with Crippen molar-refractivity contribution in [2.24, 2.45) is 0 Å². The summed E-state index contributed by atoms with van der Waals surface area (Å²) in [5.41, 5.74) is 21.7. The first kappa shape index (κ1) is 39.6. The van der Waals surface area contributed by atoms with Crippen LogP contribution in [0.5, 0.6) is 0 Å². The molecule has 2 aliphatic heterocycles. The quantitative estimate of drug-likeness (QED) is 0.150. The maximum Gasteiger partial charge on any atom is 0.343 e. The van der Waals surface area contributed by atoms with Gasteiger partial charge in [-0.15, -0.1) is 11.3 Å². The average molecular weight is 821 g/mol. The minimum atomic E-state index is -0.00343. The molecular weight excluding hydrogens is 756 g/mol. The molecule has 0 bridgehead atoms. The highest BCUT2D eigenvalue weighted by Crippen LogP contribution is 2.55. The van der Waals surface area contributed by atoms with Gasteiger partial charge in [0, 0.05) is 53.6 Å². The molecule has 2 aromatic heterocycles. The minimum absolute atomic E-state index is 0.00343. The normalized spacial score (nSPS) is 19.3. The molecule has 0 N–H and O–H groups in total. The Morgan fingerprint density at radius 3 is 1.79 bits per heavy atom. The van der Waals surface area contributed by atoms with E-state index in [4.69, 9.17) is 0 Å². The number of thiophene rings is 1. The van der Waals surface area contributed by atoms with E-state index in [1.165, 1.54) is 129 Å². The summed E-state index contributed by atoms with van der Waals surface area (Å²) in [6.45, 7) is 36.4. The molecule has 4 heterocycles. The largest absolute Gasteiger partial charge is 0.375 e. The van der Waals surface area contributed by atoms with Crippen molar-refractivity contribution in [2.45, 2.75) is 162 Å². The Bertz CT molecular complexity index is 3070. The molecule has 11 rings (SSSR count). The summed E-state index contributed by atoms with van der Waals surface area (Å²) < 4.78 is 5.67. The molecule has 312 valence electrons. The van der Waals surface area contributed by atoms with Crippen LogP contribution in [0.3, 0.4) is 0 Å². The van der Waals surface area contributed by atoms with Crippen LogP contribution in [0.25, 0.3) is 43.0 Å². The SMILES string of the molecule is Cc1cc2c3c(c1)N(c1ccc4c(c1)C(C)(C)CCC4(C)C)c1c(sc4cc5c(cc14)C(C)(C)CCC5(C)C)B3n1c3ccc(C(C)(C)C)cc3c3cc(C(C)(C)C)cc-2c31. The van der Waals surface area contributed by atoms with Crippen molar-refractivity contribution >= 4 is 77.4 Å². The number of aromatic nitrogens is 1. The number of rotatable bonds is 1. The summed E-state index contributed by atoms with van der Waals surface area (Å²) in [5.74, 6) is 0. The molecule has 2 nitrogen and oxygen atoms in total. The Hall–Kier alpha value is -4.28. The Morgan fingerprint density at radius 1 is 0.557 bits per heavy atom. The first-order valence-electron chi connectivity index (χ1n) is 23.2. The van der Waals surface area contributed by atoms with Crippen LogP contribution in [-0.2, 0) is 32.5 Å². The Kier molecular flexibility index (Phi) is 7.81. The minimum Gasteiger partial charge on any atom is -0.375 e. The fourth-order valence-electron chi connectivity index (χ4n) is 12.1. The van der Waals surface area contributed by atoms with Crippen molar-refractivity contribution in [3.63, 3.8) is 0 Å². The van der Waals surface area contributed by atoms with Crippen LogP contribution in [-0.4, -0.2) is 11.3 Å². The number of fused-ring (bicyclic) bond motifs is 11. The zero-order chi connectivity index (χ0) is 43.3. The highest BCUT2D eigenvalue weighted by atomic mass is 32.1. The molecule has 0 spiro atoms. The molecule has 7 aromatic rings. The molecule has 0 amide bonds. The molecule has 5 aromatic carbocycles. The Morgan fingerprint density at radius 2 is 1.15 bits per heavy atom. The van der Waals surface area contributed by atoms with E-state index >= 15 is 0 Å². The number of hydrogen-bond acceptors (Lipinski definition) is 2. The molecule has 2 aliphatic carbocycles.